The van der Waals surface area contributed by atoms with Gasteiger partial charge in [-0.15, -0.1) is 0 Å². The SMILES string of the molecule is COC(C)CC(NN)c1cccnc1. The van der Waals surface area contributed by atoms with Gasteiger partial charge in [0.25, 0.3) is 0 Å². The minimum Gasteiger partial charge on any atom is -0.382 e. The lowest BCUT2D eigenvalue weighted by Gasteiger charge is -2.19. The lowest BCUT2D eigenvalue weighted by molar-refractivity contribution is 0.100. The van der Waals surface area contributed by atoms with Crippen molar-refractivity contribution >= 4 is 0 Å². The van der Waals surface area contributed by atoms with Gasteiger partial charge in [-0.2, -0.15) is 0 Å². The van der Waals surface area contributed by atoms with Crippen molar-refractivity contribution < 1.29 is 4.74 Å². The standard InChI is InChI=1S/C10H17N3O/c1-8(14-2)6-10(13-11)9-4-3-5-12-7-9/h3-5,7-8,10,13H,6,11H2,1-2H3. The molecule has 1 rings (SSSR count). The number of methoxy groups -OCH3 is 1. The zero-order valence-electron chi connectivity index (χ0n) is 8.60. The molecule has 1 heterocycles. The summed E-state index contributed by atoms with van der Waals surface area (Å²) >= 11 is 0. The van der Waals surface area contributed by atoms with Gasteiger partial charge < -0.3 is 4.74 Å². The first kappa shape index (κ1) is 11.1. The number of ether oxygens (including phenoxy) is 1. The van der Waals surface area contributed by atoms with Gasteiger partial charge in [-0.05, 0) is 25.0 Å². The highest BCUT2D eigenvalue weighted by molar-refractivity contribution is 5.13. The van der Waals surface area contributed by atoms with Gasteiger partial charge in [-0.25, -0.2) is 0 Å². The maximum atomic E-state index is 5.47. The number of rotatable bonds is 5. The zero-order chi connectivity index (χ0) is 10.4. The maximum absolute atomic E-state index is 5.47. The molecule has 0 aliphatic carbocycles. The fourth-order valence-corrected chi connectivity index (χ4v) is 1.31. The van der Waals surface area contributed by atoms with Gasteiger partial charge in [0, 0.05) is 25.5 Å². The summed E-state index contributed by atoms with van der Waals surface area (Å²) in [7, 11) is 1.70. The van der Waals surface area contributed by atoms with Crippen LogP contribution >= 0.6 is 0 Å². The molecule has 14 heavy (non-hydrogen) atoms. The molecule has 0 amide bonds. The second kappa shape index (κ2) is 5.70. The van der Waals surface area contributed by atoms with Gasteiger partial charge in [0.15, 0.2) is 0 Å². The third-order valence-corrected chi connectivity index (χ3v) is 2.26. The summed E-state index contributed by atoms with van der Waals surface area (Å²) in [6, 6.07) is 4.00. The first-order valence-electron chi connectivity index (χ1n) is 4.66. The van der Waals surface area contributed by atoms with Crippen molar-refractivity contribution in [1.29, 1.82) is 0 Å². The molecule has 3 N–H and O–H groups in total. The molecule has 0 bridgehead atoms. The van der Waals surface area contributed by atoms with Gasteiger partial charge >= 0.3 is 0 Å². The fourth-order valence-electron chi connectivity index (χ4n) is 1.31. The minimum atomic E-state index is 0.0960. The van der Waals surface area contributed by atoms with E-state index in [9.17, 15) is 0 Å². The Labute approximate surface area is 84.4 Å². The number of nitrogens with zero attached hydrogens (tertiary/aromatic N) is 1. The molecule has 0 saturated heterocycles. The van der Waals surface area contributed by atoms with Gasteiger partial charge in [-0.3, -0.25) is 16.3 Å². The molecule has 0 saturated carbocycles. The van der Waals surface area contributed by atoms with Gasteiger partial charge in [-0.1, -0.05) is 6.07 Å². The van der Waals surface area contributed by atoms with Gasteiger partial charge in [0.2, 0.25) is 0 Å². The number of hydrogen-bond donors (Lipinski definition) is 2. The predicted molar refractivity (Wildman–Crippen MR) is 55.4 cm³/mol. The highest BCUT2D eigenvalue weighted by atomic mass is 16.5. The van der Waals surface area contributed by atoms with E-state index in [1.807, 2.05) is 25.3 Å². The summed E-state index contributed by atoms with van der Waals surface area (Å²) in [5.41, 5.74) is 3.85. The molecule has 2 unspecified atom stereocenters. The highest BCUT2D eigenvalue weighted by Gasteiger charge is 2.13. The largest absolute Gasteiger partial charge is 0.382 e. The van der Waals surface area contributed by atoms with Crippen LogP contribution in [0.5, 0.6) is 0 Å². The lowest BCUT2D eigenvalue weighted by Crippen LogP contribution is -2.30. The average Bonchev–Trinajstić information content (AvgIpc) is 2.26. The summed E-state index contributed by atoms with van der Waals surface area (Å²) in [5.74, 6) is 5.47. The van der Waals surface area contributed by atoms with Crippen molar-refractivity contribution in [2.75, 3.05) is 7.11 Å². The smallest absolute Gasteiger partial charge is 0.0561 e. The Bertz CT molecular complexity index is 253. The van der Waals surface area contributed by atoms with Crippen molar-refractivity contribution in [2.45, 2.75) is 25.5 Å². The number of hydrogen-bond acceptors (Lipinski definition) is 4. The third kappa shape index (κ3) is 3.06. The van der Waals surface area contributed by atoms with Crippen LogP contribution in [0, 0.1) is 0 Å². The fraction of sp³-hybridized carbons (Fsp3) is 0.500. The summed E-state index contributed by atoms with van der Waals surface area (Å²) < 4.78 is 5.19. The summed E-state index contributed by atoms with van der Waals surface area (Å²) in [5, 5.41) is 0. The first-order chi connectivity index (χ1) is 6.77. The molecule has 78 valence electrons. The third-order valence-electron chi connectivity index (χ3n) is 2.26. The number of nitrogens with one attached hydrogen (secondary N) is 1. The second-order valence-electron chi connectivity index (χ2n) is 3.29. The monoisotopic (exact) mass is 195 g/mol. The Hall–Kier alpha value is -0.970. The van der Waals surface area contributed by atoms with E-state index in [1.54, 1.807) is 13.3 Å². The van der Waals surface area contributed by atoms with E-state index < -0.39 is 0 Å². The topological polar surface area (TPSA) is 60.2 Å². The van der Waals surface area contributed by atoms with Crippen LogP contribution in [0.4, 0.5) is 0 Å². The predicted octanol–water partition coefficient (Wildman–Crippen LogP) is 1.01. The maximum Gasteiger partial charge on any atom is 0.0561 e. The Kier molecular flexibility index (Phi) is 4.52. The first-order valence-corrected chi connectivity index (χ1v) is 4.66. The summed E-state index contributed by atoms with van der Waals surface area (Å²) in [6.07, 6.45) is 4.57. The van der Waals surface area contributed by atoms with Crippen molar-refractivity contribution in [3.8, 4) is 0 Å². The van der Waals surface area contributed by atoms with Crippen molar-refractivity contribution in [1.82, 2.24) is 10.4 Å². The molecular weight excluding hydrogens is 178 g/mol. The molecule has 0 aromatic carbocycles. The van der Waals surface area contributed by atoms with Crippen LogP contribution in [-0.2, 0) is 4.74 Å². The Morgan fingerprint density at radius 2 is 2.43 bits per heavy atom. The number of pyridine rings is 1. The minimum absolute atomic E-state index is 0.0960. The highest BCUT2D eigenvalue weighted by Crippen LogP contribution is 2.17. The molecule has 0 aliphatic heterocycles. The van der Waals surface area contributed by atoms with E-state index in [-0.39, 0.29) is 12.1 Å². The Morgan fingerprint density at radius 1 is 1.64 bits per heavy atom. The van der Waals surface area contributed by atoms with Crippen LogP contribution in [0.3, 0.4) is 0 Å². The van der Waals surface area contributed by atoms with Crippen LogP contribution in [0.15, 0.2) is 24.5 Å². The number of hydrazine groups is 1. The second-order valence-corrected chi connectivity index (χ2v) is 3.29. The molecule has 1 aromatic rings. The number of nitrogens with two attached hydrogens (primary N) is 1. The molecule has 0 radical (unpaired) electrons. The zero-order valence-corrected chi connectivity index (χ0v) is 8.60. The van der Waals surface area contributed by atoms with E-state index in [1.165, 1.54) is 0 Å². The van der Waals surface area contributed by atoms with Gasteiger partial charge in [0.05, 0.1) is 6.10 Å². The van der Waals surface area contributed by atoms with Crippen molar-refractivity contribution in [3.05, 3.63) is 30.1 Å². The van der Waals surface area contributed by atoms with Crippen molar-refractivity contribution in [3.63, 3.8) is 0 Å². The average molecular weight is 195 g/mol. The van der Waals surface area contributed by atoms with Crippen LogP contribution < -0.4 is 11.3 Å². The molecule has 1 aromatic heterocycles. The number of aromatic nitrogens is 1. The molecule has 0 spiro atoms. The quantitative estimate of drug-likeness (QED) is 0.544. The molecule has 2 atom stereocenters. The molecule has 0 fully saturated rings. The van der Waals surface area contributed by atoms with E-state index >= 15 is 0 Å². The molecule has 4 heteroatoms. The summed E-state index contributed by atoms with van der Waals surface area (Å²) in [4.78, 5) is 4.05. The summed E-state index contributed by atoms with van der Waals surface area (Å²) in [6.45, 7) is 2.01. The van der Waals surface area contributed by atoms with E-state index in [0.29, 0.717) is 0 Å². The Balaban J connectivity index is 2.63. The lowest BCUT2D eigenvalue weighted by atomic mass is 10.0. The molecule has 4 nitrogen and oxygen atoms in total. The van der Waals surface area contributed by atoms with E-state index in [4.69, 9.17) is 10.6 Å². The van der Waals surface area contributed by atoms with Gasteiger partial charge in [0.1, 0.15) is 0 Å². The van der Waals surface area contributed by atoms with Crippen LogP contribution in [0.25, 0.3) is 0 Å². The van der Waals surface area contributed by atoms with Crippen LogP contribution in [0.1, 0.15) is 24.9 Å². The molecule has 0 aliphatic rings. The molecular formula is C10H17N3O. The normalized spacial score (nSPS) is 15.1. The van der Waals surface area contributed by atoms with Crippen LogP contribution in [0.2, 0.25) is 0 Å². The Morgan fingerprint density at radius 3 is 2.93 bits per heavy atom. The van der Waals surface area contributed by atoms with Crippen LogP contribution in [-0.4, -0.2) is 18.2 Å². The van der Waals surface area contributed by atoms with E-state index in [0.717, 1.165) is 12.0 Å². The van der Waals surface area contributed by atoms with Crippen molar-refractivity contribution in [2.24, 2.45) is 5.84 Å². The van der Waals surface area contributed by atoms with E-state index in [2.05, 4.69) is 10.4 Å².